The van der Waals surface area contributed by atoms with E-state index in [4.69, 9.17) is 4.99 Å². The van der Waals surface area contributed by atoms with Gasteiger partial charge in [0.1, 0.15) is 0 Å². The van der Waals surface area contributed by atoms with Crippen molar-refractivity contribution in [3.05, 3.63) is 29.8 Å². The molecule has 0 aromatic heterocycles. The summed E-state index contributed by atoms with van der Waals surface area (Å²) in [4.78, 5) is 4.77. The summed E-state index contributed by atoms with van der Waals surface area (Å²) in [5.41, 5.74) is 2.46. The molecule has 0 radical (unpaired) electrons. The fourth-order valence-electron chi connectivity index (χ4n) is 2.17. The Balaban J connectivity index is 2.19. The van der Waals surface area contributed by atoms with Crippen LogP contribution >= 0.6 is 11.8 Å². The van der Waals surface area contributed by atoms with E-state index in [0.717, 1.165) is 17.3 Å². The second-order valence-corrected chi connectivity index (χ2v) is 6.73. The summed E-state index contributed by atoms with van der Waals surface area (Å²) in [7, 11) is 0. The lowest BCUT2D eigenvalue weighted by Crippen LogP contribution is -2.31. The summed E-state index contributed by atoms with van der Waals surface area (Å²) in [6.07, 6.45) is 1.14. The van der Waals surface area contributed by atoms with E-state index in [2.05, 4.69) is 57.3 Å². The first-order valence-corrected chi connectivity index (χ1v) is 6.93. The van der Waals surface area contributed by atoms with Crippen LogP contribution in [0.1, 0.15) is 32.8 Å². The topological polar surface area (TPSA) is 24.4 Å². The number of rotatable bonds is 1. The van der Waals surface area contributed by atoms with Gasteiger partial charge in [-0.25, -0.2) is 0 Å². The lowest BCUT2D eigenvalue weighted by atomic mass is 10.00. The van der Waals surface area contributed by atoms with Gasteiger partial charge in [0.2, 0.25) is 0 Å². The van der Waals surface area contributed by atoms with Crippen molar-refractivity contribution in [3.8, 4) is 0 Å². The second-order valence-electron chi connectivity index (χ2n) is 5.30. The van der Waals surface area contributed by atoms with Crippen LogP contribution in [0.3, 0.4) is 0 Å². The van der Waals surface area contributed by atoms with Gasteiger partial charge in [-0.1, -0.05) is 36.9 Å². The zero-order valence-corrected chi connectivity index (χ0v) is 11.8. The van der Waals surface area contributed by atoms with Gasteiger partial charge in [0.05, 0.1) is 5.54 Å². The highest BCUT2D eigenvalue weighted by molar-refractivity contribution is 8.14. The fraction of sp³-hybridized carbons (Fsp3) is 0.500. The SMILES string of the molecule is Cc1ccccc1NC1=NC(C)(C)CC(C)S1. The highest BCUT2D eigenvalue weighted by atomic mass is 32.2. The Morgan fingerprint density at radius 2 is 2.06 bits per heavy atom. The van der Waals surface area contributed by atoms with E-state index in [1.807, 2.05) is 11.8 Å². The van der Waals surface area contributed by atoms with Crippen molar-refractivity contribution in [3.63, 3.8) is 0 Å². The Labute approximate surface area is 108 Å². The quantitative estimate of drug-likeness (QED) is 0.810. The molecule has 0 saturated heterocycles. The molecule has 1 N–H and O–H groups in total. The minimum absolute atomic E-state index is 0.0513. The Kier molecular flexibility index (Phi) is 3.48. The first-order valence-electron chi connectivity index (χ1n) is 6.05. The van der Waals surface area contributed by atoms with Crippen molar-refractivity contribution in [2.45, 2.75) is 44.9 Å². The zero-order valence-electron chi connectivity index (χ0n) is 10.9. The van der Waals surface area contributed by atoms with Crippen molar-refractivity contribution < 1.29 is 0 Å². The summed E-state index contributed by atoms with van der Waals surface area (Å²) in [5.74, 6) is 0. The Morgan fingerprint density at radius 1 is 1.35 bits per heavy atom. The van der Waals surface area contributed by atoms with Gasteiger partial charge in [0, 0.05) is 10.9 Å². The van der Waals surface area contributed by atoms with Crippen molar-refractivity contribution >= 4 is 22.6 Å². The van der Waals surface area contributed by atoms with Crippen LogP contribution in [0.2, 0.25) is 0 Å². The Hall–Kier alpha value is -0.960. The molecular weight excluding hydrogens is 228 g/mol. The van der Waals surface area contributed by atoms with Crippen LogP contribution in [0.5, 0.6) is 0 Å². The lowest BCUT2D eigenvalue weighted by Gasteiger charge is -2.30. The van der Waals surface area contributed by atoms with Crippen LogP contribution in [0.25, 0.3) is 0 Å². The molecule has 1 unspecified atom stereocenters. The molecule has 1 aromatic rings. The second kappa shape index (κ2) is 4.73. The van der Waals surface area contributed by atoms with E-state index in [1.54, 1.807) is 0 Å². The maximum Gasteiger partial charge on any atom is 0.161 e. The number of nitrogens with zero attached hydrogens (tertiary/aromatic N) is 1. The van der Waals surface area contributed by atoms with E-state index in [-0.39, 0.29) is 5.54 Å². The van der Waals surface area contributed by atoms with Crippen LogP contribution in [0, 0.1) is 6.92 Å². The van der Waals surface area contributed by atoms with Crippen LogP contribution in [0.15, 0.2) is 29.3 Å². The van der Waals surface area contributed by atoms with E-state index in [1.165, 1.54) is 5.56 Å². The predicted octanol–water partition coefficient (Wildman–Crippen LogP) is 4.07. The standard InChI is InChI=1S/C14H20N2S/c1-10-7-5-6-8-12(10)15-13-16-14(3,4)9-11(2)17-13/h5-8,11H,9H2,1-4H3,(H,15,16). The zero-order chi connectivity index (χ0) is 12.5. The molecule has 0 fully saturated rings. The average molecular weight is 248 g/mol. The summed E-state index contributed by atoms with van der Waals surface area (Å²) in [6.45, 7) is 8.77. The molecule has 0 aliphatic carbocycles. The van der Waals surface area contributed by atoms with Crippen molar-refractivity contribution in [2.24, 2.45) is 4.99 Å². The molecule has 0 saturated carbocycles. The van der Waals surface area contributed by atoms with Gasteiger partial charge in [0.25, 0.3) is 0 Å². The van der Waals surface area contributed by atoms with Gasteiger partial charge < -0.3 is 5.32 Å². The van der Waals surface area contributed by atoms with Crippen LogP contribution < -0.4 is 5.32 Å². The molecule has 1 aromatic carbocycles. The molecule has 0 amide bonds. The number of hydrogen-bond acceptors (Lipinski definition) is 3. The Morgan fingerprint density at radius 3 is 2.71 bits per heavy atom. The maximum atomic E-state index is 4.77. The minimum Gasteiger partial charge on any atom is -0.335 e. The summed E-state index contributed by atoms with van der Waals surface area (Å²) >= 11 is 1.83. The average Bonchev–Trinajstić information content (AvgIpc) is 2.18. The summed E-state index contributed by atoms with van der Waals surface area (Å²) in [6, 6.07) is 8.33. The number of nitrogens with one attached hydrogen (secondary N) is 1. The molecule has 1 atom stereocenters. The van der Waals surface area contributed by atoms with Gasteiger partial charge in [-0.2, -0.15) is 0 Å². The first-order chi connectivity index (χ1) is 7.96. The smallest absolute Gasteiger partial charge is 0.161 e. The van der Waals surface area contributed by atoms with Gasteiger partial charge in [0.15, 0.2) is 5.17 Å². The monoisotopic (exact) mass is 248 g/mol. The van der Waals surface area contributed by atoms with Gasteiger partial charge in [-0.15, -0.1) is 0 Å². The predicted molar refractivity (Wildman–Crippen MR) is 78.0 cm³/mol. The van der Waals surface area contributed by atoms with E-state index < -0.39 is 0 Å². The number of thioether (sulfide) groups is 1. The van der Waals surface area contributed by atoms with Crippen LogP contribution in [0.4, 0.5) is 5.69 Å². The molecule has 92 valence electrons. The van der Waals surface area contributed by atoms with Gasteiger partial charge in [-0.05, 0) is 38.8 Å². The molecule has 1 aliphatic heterocycles. The molecule has 0 spiro atoms. The molecular formula is C14H20N2S. The first kappa shape index (κ1) is 12.5. The van der Waals surface area contributed by atoms with E-state index >= 15 is 0 Å². The van der Waals surface area contributed by atoms with Crippen molar-refractivity contribution in [2.75, 3.05) is 5.32 Å². The molecule has 3 heteroatoms. The molecule has 17 heavy (non-hydrogen) atoms. The molecule has 2 nitrogen and oxygen atoms in total. The van der Waals surface area contributed by atoms with Crippen LogP contribution in [-0.4, -0.2) is 16.0 Å². The van der Waals surface area contributed by atoms with Crippen molar-refractivity contribution in [1.29, 1.82) is 0 Å². The third-order valence-electron chi connectivity index (χ3n) is 2.89. The minimum atomic E-state index is 0.0513. The fourth-order valence-corrected chi connectivity index (χ4v) is 3.51. The number of anilines is 1. The highest BCUT2D eigenvalue weighted by Crippen LogP contribution is 2.32. The molecule has 1 heterocycles. The van der Waals surface area contributed by atoms with Crippen LogP contribution in [-0.2, 0) is 0 Å². The third-order valence-corrected chi connectivity index (χ3v) is 3.88. The molecule has 0 bridgehead atoms. The number of para-hydroxylation sites is 1. The van der Waals surface area contributed by atoms with Gasteiger partial charge >= 0.3 is 0 Å². The number of amidine groups is 1. The van der Waals surface area contributed by atoms with E-state index in [0.29, 0.717) is 5.25 Å². The molecule has 1 aliphatic rings. The lowest BCUT2D eigenvalue weighted by molar-refractivity contribution is 0.477. The summed E-state index contributed by atoms with van der Waals surface area (Å²) < 4.78 is 0. The van der Waals surface area contributed by atoms with Gasteiger partial charge in [-0.3, -0.25) is 4.99 Å². The normalized spacial score (nSPS) is 23.1. The largest absolute Gasteiger partial charge is 0.335 e. The highest BCUT2D eigenvalue weighted by Gasteiger charge is 2.27. The number of aliphatic imine (C=N–C) groups is 1. The Bertz CT molecular complexity index is 438. The molecule has 2 rings (SSSR count). The summed E-state index contributed by atoms with van der Waals surface area (Å²) in [5, 5.41) is 5.11. The third kappa shape index (κ3) is 3.25. The maximum absolute atomic E-state index is 4.77. The number of aryl methyl sites for hydroxylation is 1. The van der Waals surface area contributed by atoms with Crippen molar-refractivity contribution in [1.82, 2.24) is 0 Å². The number of hydrogen-bond donors (Lipinski definition) is 1. The van der Waals surface area contributed by atoms with E-state index in [9.17, 15) is 0 Å². The number of benzene rings is 1.